The van der Waals surface area contributed by atoms with Crippen LogP contribution in [0.2, 0.25) is 0 Å². The molecule has 0 unspecified atom stereocenters. The van der Waals surface area contributed by atoms with Gasteiger partial charge in [-0.25, -0.2) is 9.97 Å². The van der Waals surface area contributed by atoms with Crippen LogP contribution in [0.15, 0.2) is 36.7 Å². The highest BCUT2D eigenvalue weighted by molar-refractivity contribution is 5.81. The van der Waals surface area contributed by atoms with Crippen molar-refractivity contribution in [2.24, 2.45) is 0 Å². The number of fused-ring (bicyclic) bond motifs is 1. The maximum atomic E-state index is 4.36. The lowest BCUT2D eigenvalue weighted by Crippen LogP contribution is -2.47. The van der Waals surface area contributed by atoms with Gasteiger partial charge in [0.05, 0.1) is 11.2 Å². The second kappa shape index (κ2) is 5.96. The highest BCUT2D eigenvalue weighted by atomic mass is 15.1. The molecule has 0 aliphatic heterocycles. The third-order valence-corrected chi connectivity index (χ3v) is 4.39. The van der Waals surface area contributed by atoms with E-state index < -0.39 is 0 Å². The Kier molecular flexibility index (Phi) is 3.67. The number of hydrogen-bond acceptors (Lipinski definition) is 5. The molecule has 2 heterocycles. The van der Waals surface area contributed by atoms with Gasteiger partial charge in [0.25, 0.3) is 0 Å². The second-order valence-corrected chi connectivity index (χ2v) is 6.19. The Morgan fingerprint density at radius 1 is 1.17 bits per heavy atom. The molecule has 1 saturated carbocycles. The van der Waals surface area contributed by atoms with E-state index in [0.29, 0.717) is 18.0 Å². The Hall–Kier alpha value is -2.47. The Labute approximate surface area is 134 Å². The molecule has 118 valence electrons. The van der Waals surface area contributed by atoms with E-state index in [-0.39, 0.29) is 0 Å². The number of nitrogens with one attached hydrogen (secondary N) is 3. The van der Waals surface area contributed by atoms with Gasteiger partial charge in [-0.3, -0.25) is 5.10 Å². The first kappa shape index (κ1) is 14.1. The molecule has 0 saturated heterocycles. The van der Waals surface area contributed by atoms with Crippen LogP contribution in [0.1, 0.15) is 24.1 Å². The summed E-state index contributed by atoms with van der Waals surface area (Å²) in [6.45, 7) is 2.93. The van der Waals surface area contributed by atoms with Crippen LogP contribution in [0.5, 0.6) is 0 Å². The largest absolute Gasteiger partial charge is 0.351 e. The molecule has 1 aromatic carbocycles. The quantitative estimate of drug-likeness (QED) is 0.674. The van der Waals surface area contributed by atoms with E-state index in [1.54, 1.807) is 12.4 Å². The Morgan fingerprint density at radius 2 is 2.00 bits per heavy atom. The average Bonchev–Trinajstić information content (AvgIpc) is 2.92. The fourth-order valence-corrected chi connectivity index (χ4v) is 3.02. The number of nitrogens with zero attached hydrogens (tertiary/aromatic N) is 3. The standard InChI is InChI=1S/C17H20N6/c1-11-3-4-15-14(7-11)16(23-22-15)10-20-12-8-13(9-12)21-17-18-5-2-6-19-17/h2-7,12-13,20H,8-10H2,1H3,(H,22,23)(H,18,19,21). The average molecular weight is 308 g/mol. The number of aromatic nitrogens is 4. The Morgan fingerprint density at radius 3 is 2.83 bits per heavy atom. The molecule has 4 rings (SSSR count). The van der Waals surface area contributed by atoms with Gasteiger partial charge in [0.1, 0.15) is 0 Å². The highest BCUT2D eigenvalue weighted by Crippen LogP contribution is 2.24. The van der Waals surface area contributed by atoms with Crippen molar-refractivity contribution in [1.29, 1.82) is 0 Å². The minimum absolute atomic E-state index is 0.454. The highest BCUT2D eigenvalue weighted by Gasteiger charge is 2.29. The normalized spacial score (nSPS) is 20.4. The third kappa shape index (κ3) is 3.03. The number of benzene rings is 1. The fourth-order valence-electron chi connectivity index (χ4n) is 3.02. The van der Waals surface area contributed by atoms with Gasteiger partial charge in [0.15, 0.2) is 0 Å². The van der Waals surface area contributed by atoms with E-state index in [9.17, 15) is 0 Å². The minimum Gasteiger partial charge on any atom is -0.351 e. The number of aryl methyl sites for hydroxylation is 1. The first-order chi connectivity index (χ1) is 11.3. The first-order valence-electron chi connectivity index (χ1n) is 7.98. The summed E-state index contributed by atoms with van der Waals surface area (Å²) in [6.07, 6.45) is 5.69. The Bertz CT molecular complexity index is 791. The number of anilines is 1. The van der Waals surface area contributed by atoms with Crippen LogP contribution in [0.3, 0.4) is 0 Å². The SMILES string of the molecule is Cc1ccc2n[nH]c(CNC3CC(Nc4ncccn4)C3)c2c1. The lowest BCUT2D eigenvalue weighted by molar-refractivity contribution is 0.305. The van der Waals surface area contributed by atoms with Gasteiger partial charge < -0.3 is 10.6 Å². The van der Waals surface area contributed by atoms with Crippen molar-refractivity contribution in [3.05, 3.63) is 47.9 Å². The van der Waals surface area contributed by atoms with Crippen LogP contribution in [0, 0.1) is 6.92 Å². The van der Waals surface area contributed by atoms with Crippen LogP contribution in [0.25, 0.3) is 10.9 Å². The maximum absolute atomic E-state index is 4.36. The maximum Gasteiger partial charge on any atom is 0.222 e. The molecular weight excluding hydrogens is 288 g/mol. The summed E-state index contributed by atoms with van der Waals surface area (Å²) in [4.78, 5) is 8.40. The molecule has 6 heteroatoms. The fraction of sp³-hybridized carbons (Fsp3) is 0.353. The van der Waals surface area contributed by atoms with Crippen molar-refractivity contribution in [2.75, 3.05) is 5.32 Å². The second-order valence-electron chi connectivity index (χ2n) is 6.19. The molecule has 23 heavy (non-hydrogen) atoms. The van der Waals surface area contributed by atoms with Gasteiger partial charge in [0, 0.05) is 36.4 Å². The van der Waals surface area contributed by atoms with E-state index in [0.717, 1.165) is 30.6 Å². The summed E-state index contributed by atoms with van der Waals surface area (Å²) >= 11 is 0. The van der Waals surface area contributed by atoms with Gasteiger partial charge in [-0.15, -0.1) is 0 Å². The summed E-state index contributed by atoms with van der Waals surface area (Å²) in [5.41, 5.74) is 3.45. The van der Waals surface area contributed by atoms with Gasteiger partial charge in [-0.1, -0.05) is 11.6 Å². The third-order valence-electron chi connectivity index (χ3n) is 4.39. The summed E-state index contributed by atoms with van der Waals surface area (Å²) < 4.78 is 0. The van der Waals surface area contributed by atoms with Crippen molar-refractivity contribution >= 4 is 16.9 Å². The van der Waals surface area contributed by atoms with Gasteiger partial charge in [-0.2, -0.15) is 5.10 Å². The van der Waals surface area contributed by atoms with Crippen molar-refractivity contribution in [1.82, 2.24) is 25.5 Å². The number of rotatable bonds is 5. The molecule has 0 amide bonds. The zero-order chi connectivity index (χ0) is 15.6. The molecule has 0 atom stereocenters. The summed E-state index contributed by atoms with van der Waals surface area (Å²) in [7, 11) is 0. The van der Waals surface area contributed by atoms with E-state index in [1.165, 1.54) is 10.9 Å². The van der Waals surface area contributed by atoms with Crippen molar-refractivity contribution < 1.29 is 0 Å². The first-order valence-corrected chi connectivity index (χ1v) is 7.98. The van der Waals surface area contributed by atoms with Gasteiger partial charge >= 0.3 is 0 Å². The summed E-state index contributed by atoms with van der Waals surface area (Å²) in [6, 6.07) is 9.15. The topological polar surface area (TPSA) is 78.5 Å². The molecule has 1 aliphatic rings. The van der Waals surface area contributed by atoms with E-state index in [1.807, 2.05) is 6.07 Å². The smallest absolute Gasteiger partial charge is 0.222 e. The van der Waals surface area contributed by atoms with Crippen LogP contribution in [-0.2, 0) is 6.54 Å². The van der Waals surface area contributed by atoms with E-state index in [4.69, 9.17) is 0 Å². The van der Waals surface area contributed by atoms with E-state index in [2.05, 4.69) is 55.9 Å². The number of hydrogen-bond donors (Lipinski definition) is 3. The molecule has 2 aromatic heterocycles. The predicted octanol–water partition coefficient (Wildman–Crippen LogP) is 2.39. The predicted molar refractivity (Wildman–Crippen MR) is 90.1 cm³/mol. The van der Waals surface area contributed by atoms with Crippen LogP contribution in [-0.4, -0.2) is 32.2 Å². The zero-order valence-electron chi connectivity index (χ0n) is 13.1. The number of aromatic amines is 1. The lowest BCUT2D eigenvalue weighted by atomic mass is 9.87. The molecule has 0 spiro atoms. The minimum atomic E-state index is 0.454. The molecule has 3 aromatic rings. The molecule has 1 fully saturated rings. The molecule has 0 radical (unpaired) electrons. The van der Waals surface area contributed by atoms with Crippen LogP contribution >= 0.6 is 0 Å². The lowest BCUT2D eigenvalue weighted by Gasteiger charge is -2.36. The molecule has 3 N–H and O–H groups in total. The molecular formula is C17H20N6. The van der Waals surface area contributed by atoms with Crippen molar-refractivity contribution in [3.8, 4) is 0 Å². The van der Waals surface area contributed by atoms with Crippen molar-refractivity contribution in [2.45, 2.75) is 38.4 Å². The summed E-state index contributed by atoms with van der Waals surface area (Å²) in [5.74, 6) is 0.714. The molecule has 1 aliphatic carbocycles. The summed E-state index contributed by atoms with van der Waals surface area (Å²) in [5, 5.41) is 15.7. The van der Waals surface area contributed by atoms with Gasteiger partial charge in [-0.05, 0) is 38.0 Å². The van der Waals surface area contributed by atoms with Gasteiger partial charge in [0.2, 0.25) is 5.95 Å². The molecule has 0 bridgehead atoms. The number of H-pyrrole nitrogens is 1. The molecule has 6 nitrogen and oxygen atoms in total. The zero-order valence-corrected chi connectivity index (χ0v) is 13.1. The van der Waals surface area contributed by atoms with Crippen LogP contribution < -0.4 is 10.6 Å². The van der Waals surface area contributed by atoms with Crippen molar-refractivity contribution in [3.63, 3.8) is 0 Å². The van der Waals surface area contributed by atoms with E-state index >= 15 is 0 Å². The monoisotopic (exact) mass is 308 g/mol. The Balaban J connectivity index is 1.30. The van der Waals surface area contributed by atoms with Crippen LogP contribution in [0.4, 0.5) is 5.95 Å².